The first-order valence-electron chi connectivity index (χ1n) is 8.04. The molecule has 26 heavy (non-hydrogen) atoms. The molecule has 0 atom stereocenters. The van der Waals surface area contributed by atoms with Gasteiger partial charge in [0.15, 0.2) is 0 Å². The van der Waals surface area contributed by atoms with E-state index in [2.05, 4.69) is 5.32 Å². The van der Waals surface area contributed by atoms with Gasteiger partial charge < -0.3 is 10.1 Å². The van der Waals surface area contributed by atoms with Gasteiger partial charge in [0.1, 0.15) is 11.6 Å². The number of carbonyl (C=O) groups is 1. The maximum Gasteiger partial charge on any atom is 0.255 e. The molecule has 0 saturated heterocycles. The first kappa shape index (κ1) is 18.2. The van der Waals surface area contributed by atoms with Gasteiger partial charge in [-0.25, -0.2) is 12.8 Å². The first-order chi connectivity index (χ1) is 12.3. The van der Waals surface area contributed by atoms with E-state index in [4.69, 9.17) is 4.74 Å². The van der Waals surface area contributed by atoms with Crippen LogP contribution in [0.5, 0.6) is 5.75 Å². The highest BCUT2D eigenvalue weighted by molar-refractivity contribution is 7.92. The van der Waals surface area contributed by atoms with Gasteiger partial charge in [-0.1, -0.05) is 6.07 Å². The van der Waals surface area contributed by atoms with Crippen molar-refractivity contribution < 1.29 is 22.3 Å². The fraction of sp³-hybridized carbons (Fsp3) is 0.278. The summed E-state index contributed by atoms with van der Waals surface area (Å²) >= 11 is 0. The van der Waals surface area contributed by atoms with Crippen molar-refractivity contribution in [1.29, 1.82) is 0 Å². The number of sulfonamides is 1. The normalized spacial score (nSPS) is 14.0. The Morgan fingerprint density at radius 2 is 1.96 bits per heavy atom. The molecule has 0 radical (unpaired) electrons. The molecular weight excluding hydrogens is 359 g/mol. The smallest absolute Gasteiger partial charge is 0.255 e. The molecule has 0 unspecified atom stereocenters. The molecule has 0 aromatic heterocycles. The molecular formula is C18H19FN2O4S. The van der Waals surface area contributed by atoms with Crippen LogP contribution in [0.1, 0.15) is 23.2 Å². The quantitative estimate of drug-likeness (QED) is 0.838. The van der Waals surface area contributed by atoms with Crippen LogP contribution in [0.2, 0.25) is 0 Å². The van der Waals surface area contributed by atoms with Gasteiger partial charge in [0.05, 0.1) is 24.7 Å². The number of benzene rings is 2. The average molecular weight is 378 g/mol. The van der Waals surface area contributed by atoms with Crippen molar-refractivity contribution in [2.45, 2.75) is 18.9 Å². The van der Waals surface area contributed by atoms with Crippen molar-refractivity contribution in [1.82, 2.24) is 0 Å². The lowest BCUT2D eigenvalue weighted by molar-refractivity contribution is 0.102. The molecule has 1 saturated carbocycles. The monoisotopic (exact) mass is 378 g/mol. The number of hydrogen-bond acceptors (Lipinski definition) is 4. The Kier molecular flexibility index (Phi) is 4.86. The van der Waals surface area contributed by atoms with E-state index in [1.54, 1.807) is 24.3 Å². The summed E-state index contributed by atoms with van der Waals surface area (Å²) in [5.41, 5.74) is 0.680. The second-order valence-electron chi connectivity index (χ2n) is 6.14. The van der Waals surface area contributed by atoms with Gasteiger partial charge in [-0.15, -0.1) is 0 Å². The number of nitrogens with zero attached hydrogens (tertiary/aromatic N) is 1. The summed E-state index contributed by atoms with van der Waals surface area (Å²) in [6.45, 7) is 0. The SMILES string of the molecule is COc1cccc(C(=O)Nc2cc(F)ccc2N(C2CC2)S(C)(=O)=O)c1. The number of carbonyl (C=O) groups excluding carboxylic acids is 1. The van der Waals surface area contributed by atoms with Gasteiger partial charge in [-0.2, -0.15) is 0 Å². The lowest BCUT2D eigenvalue weighted by Gasteiger charge is -2.25. The second-order valence-corrected chi connectivity index (χ2v) is 8.00. The Morgan fingerprint density at radius 1 is 1.23 bits per heavy atom. The fourth-order valence-electron chi connectivity index (χ4n) is 2.71. The summed E-state index contributed by atoms with van der Waals surface area (Å²) < 4.78 is 44.5. The van der Waals surface area contributed by atoms with Gasteiger partial charge >= 0.3 is 0 Å². The highest BCUT2D eigenvalue weighted by Gasteiger charge is 2.36. The Morgan fingerprint density at radius 3 is 2.58 bits per heavy atom. The topological polar surface area (TPSA) is 75.7 Å². The van der Waals surface area contributed by atoms with E-state index in [1.807, 2.05) is 0 Å². The molecule has 0 aliphatic heterocycles. The standard InChI is InChI=1S/C18H19FN2O4S/c1-25-15-5-3-4-12(10-15)18(22)20-16-11-13(19)6-9-17(16)21(14-7-8-14)26(2,23)24/h3-6,9-11,14H,7-8H2,1-2H3,(H,20,22). The van der Waals surface area contributed by atoms with E-state index in [0.717, 1.165) is 25.2 Å². The summed E-state index contributed by atoms with van der Waals surface area (Å²) in [6.07, 6.45) is 2.56. The predicted molar refractivity (Wildman–Crippen MR) is 97.7 cm³/mol. The Labute approximate surface area is 151 Å². The zero-order valence-electron chi connectivity index (χ0n) is 14.4. The number of methoxy groups -OCH3 is 1. The minimum absolute atomic E-state index is 0.107. The second kappa shape index (κ2) is 6.95. The molecule has 1 fully saturated rings. The molecule has 8 heteroatoms. The Hall–Kier alpha value is -2.61. The minimum atomic E-state index is -3.56. The van der Waals surface area contributed by atoms with Crippen LogP contribution in [0.25, 0.3) is 0 Å². The number of ether oxygens (including phenoxy) is 1. The summed E-state index contributed by atoms with van der Waals surface area (Å²) in [6, 6.07) is 10.00. The minimum Gasteiger partial charge on any atom is -0.497 e. The number of rotatable bonds is 6. The van der Waals surface area contributed by atoms with Crippen LogP contribution in [0.4, 0.5) is 15.8 Å². The van der Waals surface area contributed by atoms with Crippen LogP contribution in [-0.4, -0.2) is 33.7 Å². The number of nitrogens with one attached hydrogen (secondary N) is 1. The van der Waals surface area contributed by atoms with E-state index in [1.165, 1.54) is 23.5 Å². The molecule has 1 amide bonds. The molecule has 1 N–H and O–H groups in total. The summed E-state index contributed by atoms with van der Waals surface area (Å²) in [5.74, 6) is -0.549. The molecule has 0 heterocycles. The maximum atomic E-state index is 13.8. The van der Waals surface area contributed by atoms with Gasteiger partial charge in [0.2, 0.25) is 10.0 Å². The molecule has 2 aromatic carbocycles. The van der Waals surface area contributed by atoms with Crippen LogP contribution in [-0.2, 0) is 10.0 Å². The number of amides is 1. The van der Waals surface area contributed by atoms with Crippen LogP contribution in [0.15, 0.2) is 42.5 Å². The summed E-state index contributed by atoms with van der Waals surface area (Å²) in [5, 5.41) is 2.61. The van der Waals surface area contributed by atoms with Crippen molar-refractivity contribution in [3.05, 3.63) is 53.8 Å². The largest absolute Gasteiger partial charge is 0.497 e. The van der Waals surface area contributed by atoms with Gasteiger partial charge in [-0.3, -0.25) is 9.10 Å². The lowest BCUT2D eigenvalue weighted by atomic mass is 10.2. The maximum absolute atomic E-state index is 13.8. The number of anilines is 2. The highest BCUT2D eigenvalue weighted by Crippen LogP contribution is 2.38. The van der Waals surface area contributed by atoms with E-state index in [9.17, 15) is 17.6 Å². The van der Waals surface area contributed by atoms with Crippen LogP contribution >= 0.6 is 0 Å². The molecule has 6 nitrogen and oxygen atoms in total. The van der Waals surface area contributed by atoms with Gasteiger partial charge in [0, 0.05) is 11.6 Å². The fourth-order valence-corrected chi connectivity index (χ4v) is 3.98. The van der Waals surface area contributed by atoms with E-state index >= 15 is 0 Å². The summed E-state index contributed by atoms with van der Waals surface area (Å²) in [4.78, 5) is 12.5. The van der Waals surface area contributed by atoms with Gasteiger partial charge in [0.25, 0.3) is 5.91 Å². The van der Waals surface area contributed by atoms with Crippen molar-refractivity contribution >= 4 is 27.3 Å². The molecule has 2 aromatic rings. The van der Waals surface area contributed by atoms with Crippen LogP contribution in [0.3, 0.4) is 0 Å². The molecule has 0 spiro atoms. The lowest BCUT2D eigenvalue weighted by Crippen LogP contribution is -2.33. The third kappa shape index (κ3) is 3.96. The van der Waals surface area contributed by atoms with E-state index < -0.39 is 21.7 Å². The van der Waals surface area contributed by atoms with Crippen LogP contribution in [0, 0.1) is 5.82 Å². The molecule has 3 rings (SSSR count). The third-order valence-electron chi connectivity index (χ3n) is 4.01. The van der Waals surface area contributed by atoms with Crippen LogP contribution < -0.4 is 14.4 Å². The molecule has 1 aliphatic rings. The number of hydrogen-bond donors (Lipinski definition) is 1. The zero-order chi connectivity index (χ0) is 18.9. The van der Waals surface area contributed by atoms with Gasteiger partial charge in [-0.05, 0) is 49.2 Å². The first-order valence-corrected chi connectivity index (χ1v) is 9.89. The Bertz CT molecular complexity index is 942. The number of halogens is 1. The molecule has 1 aliphatic carbocycles. The van der Waals surface area contributed by atoms with Crippen molar-refractivity contribution in [2.24, 2.45) is 0 Å². The predicted octanol–water partition coefficient (Wildman–Crippen LogP) is 3.02. The average Bonchev–Trinajstić information content (AvgIpc) is 3.40. The zero-order valence-corrected chi connectivity index (χ0v) is 15.2. The van der Waals surface area contributed by atoms with E-state index in [-0.39, 0.29) is 17.4 Å². The molecule has 0 bridgehead atoms. The molecule has 138 valence electrons. The summed E-state index contributed by atoms with van der Waals surface area (Å²) in [7, 11) is -2.07. The van der Waals surface area contributed by atoms with Crippen molar-refractivity contribution in [3.8, 4) is 5.75 Å². The Balaban J connectivity index is 1.96. The highest BCUT2D eigenvalue weighted by atomic mass is 32.2. The van der Waals surface area contributed by atoms with Crippen molar-refractivity contribution in [2.75, 3.05) is 23.0 Å². The van der Waals surface area contributed by atoms with Crippen molar-refractivity contribution in [3.63, 3.8) is 0 Å². The third-order valence-corrected chi connectivity index (χ3v) is 5.22. The van der Waals surface area contributed by atoms with E-state index in [0.29, 0.717) is 11.3 Å².